The van der Waals surface area contributed by atoms with Crippen molar-refractivity contribution in [1.29, 1.82) is 0 Å². The summed E-state index contributed by atoms with van der Waals surface area (Å²) in [4.78, 5) is 17.3. The quantitative estimate of drug-likeness (QED) is 0.779. The van der Waals surface area contributed by atoms with Crippen molar-refractivity contribution in [3.8, 4) is 0 Å². The second-order valence-electron chi connectivity index (χ2n) is 3.91. The molecule has 1 aromatic heterocycles. The Bertz CT molecular complexity index is 416. The number of nitrogens with two attached hydrogens (primary N) is 1. The summed E-state index contributed by atoms with van der Waals surface area (Å²) in [5, 5.41) is 2.67. The van der Waals surface area contributed by atoms with E-state index >= 15 is 0 Å². The number of rotatable bonds is 2. The summed E-state index contributed by atoms with van der Waals surface area (Å²) in [6.07, 6.45) is 1.71. The lowest BCUT2D eigenvalue weighted by molar-refractivity contribution is -0.114. The molecule has 0 aromatic carbocycles. The predicted octanol–water partition coefficient (Wildman–Crippen LogP) is 0.459. The van der Waals surface area contributed by atoms with Crippen molar-refractivity contribution in [1.82, 2.24) is 4.98 Å². The first-order valence-corrected chi connectivity index (χ1v) is 5.52. The standard InChI is InChI=1S/C11H16N4O2/c1-8(16)14-10-6-9(7-13-11(10)12)15-2-4-17-5-3-15/h6-7H,2-5H2,1H3,(H2,12,13)(H,14,16). The highest BCUT2D eigenvalue weighted by atomic mass is 16.5. The van der Waals surface area contributed by atoms with E-state index in [2.05, 4.69) is 15.2 Å². The van der Waals surface area contributed by atoms with Gasteiger partial charge in [0.25, 0.3) is 0 Å². The zero-order valence-corrected chi connectivity index (χ0v) is 9.77. The van der Waals surface area contributed by atoms with Crippen molar-refractivity contribution in [3.63, 3.8) is 0 Å². The van der Waals surface area contributed by atoms with E-state index in [9.17, 15) is 4.79 Å². The van der Waals surface area contributed by atoms with Crippen LogP contribution in [0, 0.1) is 0 Å². The Morgan fingerprint density at radius 1 is 1.53 bits per heavy atom. The highest BCUT2D eigenvalue weighted by Crippen LogP contribution is 2.23. The Morgan fingerprint density at radius 2 is 2.24 bits per heavy atom. The van der Waals surface area contributed by atoms with E-state index in [0.717, 1.165) is 18.8 Å². The van der Waals surface area contributed by atoms with Gasteiger partial charge in [-0.05, 0) is 6.07 Å². The van der Waals surface area contributed by atoms with Crippen LogP contribution in [0.2, 0.25) is 0 Å². The average molecular weight is 236 g/mol. The molecule has 6 heteroatoms. The number of hydrogen-bond acceptors (Lipinski definition) is 5. The number of carbonyl (C=O) groups is 1. The second-order valence-corrected chi connectivity index (χ2v) is 3.91. The van der Waals surface area contributed by atoms with Crippen LogP contribution in [0.3, 0.4) is 0 Å². The van der Waals surface area contributed by atoms with E-state index in [1.165, 1.54) is 6.92 Å². The maximum atomic E-state index is 11.0. The summed E-state index contributed by atoms with van der Waals surface area (Å²) in [5.41, 5.74) is 7.21. The van der Waals surface area contributed by atoms with E-state index in [1.54, 1.807) is 6.20 Å². The monoisotopic (exact) mass is 236 g/mol. The molecule has 0 aliphatic carbocycles. The van der Waals surface area contributed by atoms with Crippen LogP contribution in [0.5, 0.6) is 0 Å². The lowest BCUT2D eigenvalue weighted by Crippen LogP contribution is -2.36. The molecule has 1 aliphatic heterocycles. The molecular weight excluding hydrogens is 220 g/mol. The van der Waals surface area contributed by atoms with Gasteiger partial charge in [-0.15, -0.1) is 0 Å². The number of anilines is 3. The third kappa shape index (κ3) is 2.85. The number of nitrogens with zero attached hydrogens (tertiary/aromatic N) is 2. The molecule has 6 nitrogen and oxygen atoms in total. The Labute approximate surface area is 99.8 Å². The fourth-order valence-electron chi connectivity index (χ4n) is 1.75. The summed E-state index contributed by atoms with van der Waals surface area (Å²) in [5.74, 6) is 0.176. The summed E-state index contributed by atoms with van der Waals surface area (Å²) >= 11 is 0. The number of ether oxygens (including phenoxy) is 1. The van der Waals surface area contributed by atoms with Crippen LogP contribution in [0.25, 0.3) is 0 Å². The van der Waals surface area contributed by atoms with Crippen molar-refractivity contribution in [2.45, 2.75) is 6.92 Å². The van der Waals surface area contributed by atoms with Crippen molar-refractivity contribution in [3.05, 3.63) is 12.3 Å². The molecule has 0 bridgehead atoms. The lowest BCUT2D eigenvalue weighted by Gasteiger charge is -2.28. The molecule has 3 N–H and O–H groups in total. The van der Waals surface area contributed by atoms with Gasteiger partial charge in [-0.1, -0.05) is 0 Å². The van der Waals surface area contributed by atoms with E-state index in [1.807, 2.05) is 6.07 Å². The predicted molar refractivity (Wildman–Crippen MR) is 66.0 cm³/mol. The van der Waals surface area contributed by atoms with E-state index in [0.29, 0.717) is 24.7 Å². The lowest BCUT2D eigenvalue weighted by atomic mass is 10.3. The molecule has 2 rings (SSSR count). The van der Waals surface area contributed by atoms with Crippen LogP contribution in [0.1, 0.15) is 6.92 Å². The molecule has 0 atom stereocenters. The molecule has 1 fully saturated rings. The average Bonchev–Trinajstić information content (AvgIpc) is 2.32. The van der Waals surface area contributed by atoms with Crippen LogP contribution in [-0.2, 0) is 9.53 Å². The van der Waals surface area contributed by atoms with Gasteiger partial charge in [0.15, 0.2) is 0 Å². The summed E-state index contributed by atoms with van der Waals surface area (Å²) in [6.45, 7) is 4.51. The fraction of sp³-hybridized carbons (Fsp3) is 0.455. The van der Waals surface area contributed by atoms with E-state index in [4.69, 9.17) is 10.5 Å². The number of morpholine rings is 1. The molecule has 1 amide bonds. The highest BCUT2D eigenvalue weighted by Gasteiger charge is 2.13. The first-order valence-electron chi connectivity index (χ1n) is 5.52. The van der Waals surface area contributed by atoms with Crippen LogP contribution in [-0.4, -0.2) is 37.2 Å². The third-order valence-corrected chi connectivity index (χ3v) is 2.59. The highest BCUT2D eigenvalue weighted by molar-refractivity contribution is 5.92. The van der Waals surface area contributed by atoms with Crippen LogP contribution in [0.4, 0.5) is 17.2 Å². The largest absolute Gasteiger partial charge is 0.382 e. The number of nitrogen functional groups attached to an aromatic ring is 1. The van der Waals surface area contributed by atoms with Crippen molar-refractivity contribution in [2.24, 2.45) is 0 Å². The van der Waals surface area contributed by atoms with Gasteiger partial charge in [-0.3, -0.25) is 4.79 Å². The third-order valence-electron chi connectivity index (χ3n) is 2.59. The SMILES string of the molecule is CC(=O)Nc1cc(N2CCOCC2)cnc1N. The number of amides is 1. The molecule has 17 heavy (non-hydrogen) atoms. The molecule has 2 heterocycles. The molecule has 0 spiro atoms. The van der Waals surface area contributed by atoms with Gasteiger partial charge in [0.1, 0.15) is 5.82 Å². The molecule has 0 unspecified atom stereocenters. The number of aromatic nitrogens is 1. The summed E-state index contributed by atoms with van der Waals surface area (Å²) in [6, 6.07) is 1.84. The second kappa shape index (κ2) is 5.01. The van der Waals surface area contributed by atoms with Gasteiger partial charge in [-0.25, -0.2) is 4.98 Å². The minimum Gasteiger partial charge on any atom is -0.382 e. The topological polar surface area (TPSA) is 80.5 Å². The zero-order valence-electron chi connectivity index (χ0n) is 9.77. The Morgan fingerprint density at radius 3 is 2.88 bits per heavy atom. The molecule has 1 saturated heterocycles. The minimum atomic E-state index is -0.155. The Balaban J connectivity index is 2.20. The number of pyridine rings is 1. The van der Waals surface area contributed by atoms with Gasteiger partial charge in [0, 0.05) is 20.0 Å². The van der Waals surface area contributed by atoms with Gasteiger partial charge in [0.2, 0.25) is 5.91 Å². The normalized spacial score (nSPS) is 15.7. The van der Waals surface area contributed by atoms with Crippen molar-refractivity contribution in [2.75, 3.05) is 42.3 Å². The number of hydrogen-bond donors (Lipinski definition) is 2. The Hall–Kier alpha value is -1.82. The van der Waals surface area contributed by atoms with Gasteiger partial charge in [-0.2, -0.15) is 0 Å². The van der Waals surface area contributed by atoms with Crippen molar-refractivity contribution >= 4 is 23.1 Å². The van der Waals surface area contributed by atoms with Gasteiger partial charge < -0.3 is 20.7 Å². The fourth-order valence-corrected chi connectivity index (χ4v) is 1.75. The van der Waals surface area contributed by atoms with Crippen LogP contribution in [0.15, 0.2) is 12.3 Å². The molecule has 92 valence electrons. The first kappa shape index (κ1) is 11.7. The van der Waals surface area contributed by atoms with Crippen LogP contribution >= 0.6 is 0 Å². The molecule has 1 aliphatic rings. The molecular formula is C11H16N4O2. The number of carbonyl (C=O) groups excluding carboxylic acids is 1. The zero-order chi connectivity index (χ0) is 12.3. The van der Waals surface area contributed by atoms with Crippen molar-refractivity contribution < 1.29 is 9.53 Å². The minimum absolute atomic E-state index is 0.155. The van der Waals surface area contributed by atoms with Crippen LogP contribution < -0.4 is 16.0 Å². The van der Waals surface area contributed by atoms with Gasteiger partial charge in [0.05, 0.1) is 30.8 Å². The summed E-state index contributed by atoms with van der Waals surface area (Å²) < 4.78 is 5.28. The molecule has 1 aromatic rings. The van der Waals surface area contributed by atoms with E-state index in [-0.39, 0.29) is 5.91 Å². The van der Waals surface area contributed by atoms with Gasteiger partial charge >= 0.3 is 0 Å². The first-order chi connectivity index (χ1) is 8.16. The maximum absolute atomic E-state index is 11.0. The molecule has 0 radical (unpaired) electrons. The molecule has 0 saturated carbocycles. The Kier molecular flexibility index (Phi) is 3.43. The van der Waals surface area contributed by atoms with E-state index < -0.39 is 0 Å². The smallest absolute Gasteiger partial charge is 0.221 e. The number of nitrogens with one attached hydrogen (secondary N) is 1. The summed E-state index contributed by atoms with van der Waals surface area (Å²) in [7, 11) is 0. The maximum Gasteiger partial charge on any atom is 0.221 e.